The van der Waals surface area contributed by atoms with E-state index in [1.54, 1.807) is 0 Å². The third-order valence-corrected chi connectivity index (χ3v) is 1.20. The van der Waals surface area contributed by atoms with Gasteiger partial charge in [0.25, 0.3) is 0 Å². The van der Waals surface area contributed by atoms with E-state index < -0.39 is 30.4 Å². The molecular weight excluding hydrogens is 833 g/mol. The Kier molecular flexibility index (Phi) is 27.3. The Morgan fingerprint density at radius 3 is 1.64 bits per heavy atom. The predicted octanol–water partition coefficient (Wildman–Crippen LogP) is -2.14. The normalized spacial score (nSPS) is 12.3. The fourth-order valence-corrected chi connectivity index (χ4v) is 0.492. The van der Waals surface area contributed by atoms with Crippen molar-refractivity contribution in [1.29, 1.82) is 0 Å². The average Bonchev–Trinajstić information content (AvgIpc) is 2.00. The number of hydrogen-bond donors (Lipinski definition) is 3. The zero-order chi connectivity index (χ0) is 9.02. The van der Waals surface area contributed by atoms with Crippen LogP contribution in [0.2, 0.25) is 0 Å². The monoisotopic (exact) mass is 843 g/mol. The zero-order valence-electron chi connectivity index (χ0n) is 7.75. The summed E-state index contributed by atoms with van der Waals surface area (Å²) >= 11 is 0. The van der Waals surface area contributed by atoms with E-state index in [9.17, 15) is 9.59 Å². The molecule has 8 heteroatoms. The second-order valence-electron chi connectivity index (χ2n) is 2.12. The molecule has 0 saturated carbocycles. The summed E-state index contributed by atoms with van der Waals surface area (Å²) in [5, 5.41) is 25.7. The van der Waals surface area contributed by atoms with Crippen molar-refractivity contribution in [3.05, 3.63) is 0 Å². The molecule has 73 valence electrons. The molecule has 0 aliphatic rings. The van der Waals surface area contributed by atoms with E-state index in [1.165, 1.54) is 0 Å². The number of Topliss-reactive ketones (excluding diaryl/α,β-unsaturated/α-hetero) is 2. The third-order valence-electron chi connectivity index (χ3n) is 1.20. The number of rotatable bonds is 4. The summed E-state index contributed by atoms with van der Waals surface area (Å²) in [6.07, 6.45) is -3.54. The molecule has 0 heterocycles. The molecule has 0 saturated heterocycles. The Hall–Kier alpha value is 3.54. The Morgan fingerprint density at radius 1 is 1.07 bits per heavy atom. The minimum atomic E-state index is -1.81. The third kappa shape index (κ3) is 10.7. The molecule has 0 unspecified atom stereocenters. The summed E-state index contributed by atoms with van der Waals surface area (Å²) in [4.78, 5) is 20.8. The quantitative estimate of drug-likeness (QED) is 0.301. The molecule has 0 rings (SSSR count). The molecule has 0 aromatic carbocycles. The molecular formula is C6H10Ac3O5. The van der Waals surface area contributed by atoms with Crippen LogP contribution in [0.1, 0.15) is 6.92 Å². The van der Waals surface area contributed by atoms with Gasteiger partial charge in [0.05, 0.1) is 0 Å². The number of aliphatic hydroxyl groups is 3. The maximum absolute atomic E-state index is 10.4. The maximum Gasteiger partial charge on any atom is 0.189 e. The van der Waals surface area contributed by atoms with Gasteiger partial charge in [-0.15, -0.1) is 0 Å². The fourth-order valence-electron chi connectivity index (χ4n) is 0.492. The average molecular weight is 843 g/mol. The Labute approximate surface area is 189 Å². The van der Waals surface area contributed by atoms with E-state index in [0.717, 1.165) is 6.92 Å². The summed E-state index contributed by atoms with van der Waals surface area (Å²) in [7, 11) is 0. The first-order valence-electron chi connectivity index (χ1n) is 3.01. The van der Waals surface area contributed by atoms with Crippen LogP contribution in [-0.2, 0) is 9.59 Å². The van der Waals surface area contributed by atoms with Crippen LogP contribution in [0.5, 0.6) is 0 Å². The molecule has 0 aliphatic heterocycles. The molecule has 0 aromatic rings. The molecule has 0 aliphatic carbocycles. The van der Waals surface area contributed by atoms with Crippen LogP contribution in [0, 0.1) is 132 Å². The van der Waals surface area contributed by atoms with Gasteiger partial charge in [-0.25, -0.2) is 0 Å². The van der Waals surface area contributed by atoms with Crippen LogP contribution in [0.4, 0.5) is 0 Å². The number of ketones is 2. The first kappa shape index (κ1) is 26.2. The minimum Gasteiger partial charge on any atom is -0.388 e. The van der Waals surface area contributed by atoms with Gasteiger partial charge < -0.3 is 15.3 Å². The van der Waals surface area contributed by atoms with Crippen LogP contribution in [0.3, 0.4) is 0 Å². The van der Waals surface area contributed by atoms with Crippen molar-refractivity contribution in [1.82, 2.24) is 0 Å². The van der Waals surface area contributed by atoms with Crippen LogP contribution >= 0.6 is 0 Å². The van der Waals surface area contributed by atoms with E-state index in [-0.39, 0.29) is 132 Å². The Balaban J connectivity index is -0.000000167. The maximum atomic E-state index is 10.4. The molecule has 5 nitrogen and oxygen atoms in total. The second-order valence-corrected chi connectivity index (χ2v) is 2.12. The van der Waals surface area contributed by atoms with Gasteiger partial charge in [0.2, 0.25) is 0 Å². The SMILES string of the molecule is CC(=O)[C@H](O)[C@@H](O)C(=O)CO.[Ac].[Ac].[Ac]. The minimum absolute atomic E-state index is 0. The first-order chi connectivity index (χ1) is 5.00. The van der Waals surface area contributed by atoms with E-state index >= 15 is 0 Å². The van der Waals surface area contributed by atoms with Crippen molar-refractivity contribution in [2.75, 3.05) is 6.61 Å². The summed E-state index contributed by atoms with van der Waals surface area (Å²) in [6, 6.07) is 0. The Morgan fingerprint density at radius 2 is 1.43 bits per heavy atom. The van der Waals surface area contributed by atoms with Gasteiger partial charge in [0, 0.05) is 132 Å². The first-order valence-corrected chi connectivity index (χ1v) is 3.01. The number of carbonyl (C=O) groups is 2. The van der Waals surface area contributed by atoms with Gasteiger partial charge in [-0.2, -0.15) is 0 Å². The van der Waals surface area contributed by atoms with Crippen LogP contribution in [-0.4, -0.2) is 45.7 Å². The topological polar surface area (TPSA) is 94.8 Å². The number of hydrogen-bond acceptors (Lipinski definition) is 5. The van der Waals surface area contributed by atoms with E-state index in [0.29, 0.717) is 0 Å². The summed E-state index contributed by atoms with van der Waals surface area (Å²) in [5.74, 6) is -1.67. The van der Waals surface area contributed by atoms with Crippen LogP contribution < -0.4 is 0 Å². The van der Waals surface area contributed by atoms with E-state index in [2.05, 4.69) is 0 Å². The van der Waals surface area contributed by atoms with Crippen molar-refractivity contribution in [2.24, 2.45) is 0 Å². The molecule has 0 bridgehead atoms. The number of carbonyl (C=O) groups excluding carboxylic acids is 2. The van der Waals surface area contributed by atoms with Gasteiger partial charge in [0.15, 0.2) is 11.6 Å². The molecule has 0 aromatic heterocycles. The molecule has 14 heavy (non-hydrogen) atoms. The van der Waals surface area contributed by atoms with Crippen LogP contribution in [0.25, 0.3) is 0 Å². The van der Waals surface area contributed by atoms with Crippen molar-refractivity contribution >= 4 is 11.6 Å². The largest absolute Gasteiger partial charge is 0.388 e. The molecule has 0 spiro atoms. The summed E-state index contributed by atoms with van der Waals surface area (Å²) in [6.45, 7) is 0.157. The van der Waals surface area contributed by atoms with Crippen molar-refractivity contribution in [3.8, 4) is 0 Å². The molecule has 3 N–H and O–H groups in total. The fraction of sp³-hybridized carbons (Fsp3) is 0.667. The molecule has 0 fully saturated rings. The second kappa shape index (κ2) is 14.6. The van der Waals surface area contributed by atoms with Gasteiger partial charge in [0.1, 0.15) is 18.8 Å². The van der Waals surface area contributed by atoms with Crippen molar-refractivity contribution < 1.29 is 157 Å². The van der Waals surface area contributed by atoms with Gasteiger partial charge >= 0.3 is 0 Å². The smallest absolute Gasteiger partial charge is 0.189 e. The predicted molar refractivity (Wildman–Crippen MR) is 34.8 cm³/mol. The molecule has 2 atom stereocenters. The molecule has 0 amide bonds. The van der Waals surface area contributed by atoms with Gasteiger partial charge in [-0.05, 0) is 6.92 Å². The standard InChI is InChI=1S/C6H10O5.3Ac/c1-3(8)5(10)6(11)4(9)2-7;;;/h5-7,10-11H,2H2,1H3;;;/t5-,6-;;;/m0.../s1. The zero-order valence-corrected chi connectivity index (χ0v) is 22.0. The summed E-state index contributed by atoms with van der Waals surface area (Å²) < 4.78 is 0. The van der Waals surface area contributed by atoms with E-state index in [1.807, 2.05) is 0 Å². The van der Waals surface area contributed by atoms with Crippen molar-refractivity contribution in [3.63, 3.8) is 0 Å². The van der Waals surface area contributed by atoms with Crippen LogP contribution in [0.15, 0.2) is 0 Å². The molecule has 3 radical (unpaired) electrons. The summed E-state index contributed by atoms with van der Waals surface area (Å²) in [5.41, 5.74) is 0. The Bertz CT molecular complexity index is 175. The number of aliphatic hydroxyl groups excluding tert-OH is 3. The van der Waals surface area contributed by atoms with Gasteiger partial charge in [-0.1, -0.05) is 0 Å². The van der Waals surface area contributed by atoms with Gasteiger partial charge in [-0.3, -0.25) is 9.59 Å². The van der Waals surface area contributed by atoms with E-state index in [4.69, 9.17) is 15.3 Å². The van der Waals surface area contributed by atoms with Crippen molar-refractivity contribution in [2.45, 2.75) is 19.1 Å².